The SMILES string of the molecule is CN(C(=O)C1CC1)C1CCC(F)(F)CC1. The van der Waals surface area contributed by atoms with Crippen LogP contribution in [0, 0.1) is 5.92 Å². The largest absolute Gasteiger partial charge is 0.343 e. The van der Waals surface area contributed by atoms with Crippen molar-refractivity contribution in [3.05, 3.63) is 0 Å². The molecule has 2 aliphatic rings. The number of carbonyl (C=O) groups is 1. The third-order valence-electron chi connectivity index (χ3n) is 3.51. The van der Waals surface area contributed by atoms with Crippen LogP contribution in [0.1, 0.15) is 38.5 Å². The standard InChI is InChI=1S/C11H17F2NO/c1-14(10(15)8-2-3-8)9-4-6-11(12,13)7-5-9/h8-9H,2-7H2,1H3. The second-order valence-electron chi connectivity index (χ2n) is 4.81. The van der Waals surface area contributed by atoms with Crippen LogP contribution < -0.4 is 0 Å². The van der Waals surface area contributed by atoms with Gasteiger partial charge < -0.3 is 4.90 Å². The molecule has 4 heteroatoms. The third kappa shape index (κ3) is 2.47. The van der Waals surface area contributed by atoms with E-state index in [1.54, 1.807) is 11.9 Å². The third-order valence-corrected chi connectivity index (χ3v) is 3.51. The van der Waals surface area contributed by atoms with Gasteiger partial charge in [-0.05, 0) is 25.7 Å². The van der Waals surface area contributed by atoms with Gasteiger partial charge in [0.05, 0.1) is 0 Å². The number of hydrogen-bond acceptors (Lipinski definition) is 1. The molecule has 2 saturated carbocycles. The quantitative estimate of drug-likeness (QED) is 0.695. The molecule has 0 aromatic heterocycles. The van der Waals surface area contributed by atoms with E-state index in [9.17, 15) is 13.6 Å². The first-order chi connectivity index (χ1) is 6.99. The lowest BCUT2D eigenvalue weighted by atomic mass is 9.91. The van der Waals surface area contributed by atoms with E-state index in [4.69, 9.17) is 0 Å². The minimum Gasteiger partial charge on any atom is -0.343 e. The number of nitrogens with zero attached hydrogens (tertiary/aromatic N) is 1. The summed E-state index contributed by atoms with van der Waals surface area (Å²) >= 11 is 0. The smallest absolute Gasteiger partial charge is 0.248 e. The molecule has 2 nitrogen and oxygen atoms in total. The highest BCUT2D eigenvalue weighted by Crippen LogP contribution is 2.37. The van der Waals surface area contributed by atoms with Crippen LogP contribution in [-0.2, 0) is 4.79 Å². The first-order valence-corrected chi connectivity index (χ1v) is 5.64. The summed E-state index contributed by atoms with van der Waals surface area (Å²) in [5.41, 5.74) is 0. The van der Waals surface area contributed by atoms with Crippen molar-refractivity contribution in [2.24, 2.45) is 5.92 Å². The van der Waals surface area contributed by atoms with Gasteiger partial charge in [0.2, 0.25) is 11.8 Å². The van der Waals surface area contributed by atoms with Gasteiger partial charge in [0.15, 0.2) is 0 Å². The molecule has 15 heavy (non-hydrogen) atoms. The van der Waals surface area contributed by atoms with Gasteiger partial charge in [-0.3, -0.25) is 4.79 Å². The van der Waals surface area contributed by atoms with Gasteiger partial charge in [0, 0.05) is 31.8 Å². The summed E-state index contributed by atoms with van der Waals surface area (Å²) in [5.74, 6) is -2.15. The molecule has 0 saturated heterocycles. The van der Waals surface area contributed by atoms with E-state index in [0.717, 1.165) is 12.8 Å². The van der Waals surface area contributed by atoms with Crippen molar-refractivity contribution in [2.45, 2.75) is 50.5 Å². The average Bonchev–Trinajstić information content (AvgIpc) is 2.99. The fourth-order valence-corrected chi connectivity index (χ4v) is 2.21. The highest BCUT2D eigenvalue weighted by atomic mass is 19.3. The normalized spacial score (nSPS) is 26.3. The Bertz CT molecular complexity index is 253. The average molecular weight is 217 g/mol. The second kappa shape index (κ2) is 3.72. The molecule has 0 aromatic carbocycles. The molecule has 0 aromatic rings. The lowest BCUT2D eigenvalue weighted by Gasteiger charge is -2.34. The van der Waals surface area contributed by atoms with Gasteiger partial charge in [0.1, 0.15) is 0 Å². The molecule has 2 aliphatic carbocycles. The van der Waals surface area contributed by atoms with Crippen LogP contribution in [0.15, 0.2) is 0 Å². The number of hydrogen-bond donors (Lipinski definition) is 0. The highest BCUT2D eigenvalue weighted by molar-refractivity contribution is 5.81. The van der Waals surface area contributed by atoms with Crippen molar-refractivity contribution in [1.29, 1.82) is 0 Å². The Labute approximate surface area is 88.6 Å². The van der Waals surface area contributed by atoms with Gasteiger partial charge in [-0.1, -0.05) is 0 Å². The Balaban J connectivity index is 1.86. The van der Waals surface area contributed by atoms with Crippen LogP contribution >= 0.6 is 0 Å². The Hall–Kier alpha value is -0.670. The maximum atomic E-state index is 12.9. The zero-order valence-electron chi connectivity index (χ0n) is 9.01. The molecule has 2 fully saturated rings. The van der Waals surface area contributed by atoms with Gasteiger partial charge in [-0.2, -0.15) is 0 Å². The topological polar surface area (TPSA) is 20.3 Å². The summed E-state index contributed by atoms with van der Waals surface area (Å²) in [6.07, 6.45) is 2.71. The van der Waals surface area contributed by atoms with Crippen LogP contribution in [0.25, 0.3) is 0 Å². The van der Waals surface area contributed by atoms with E-state index in [2.05, 4.69) is 0 Å². The molecule has 0 aliphatic heterocycles. The van der Waals surface area contributed by atoms with E-state index in [1.165, 1.54) is 0 Å². The van der Waals surface area contributed by atoms with E-state index in [0.29, 0.717) is 12.8 Å². The van der Waals surface area contributed by atoms with Crippen LogP contribution in [0.4, 0.5) is 8.78 Å². The fourth-order valence-electron chi connectivity index (χ4n) is 2.21. The molecular weight excluding hydrogens is 200 g/mol. The van der Waals surface area contributed by atoms with Crippen molar-refractivity contribution in [3.8, 4) is 0 Å². The minimum absolute atomic E-state index is 0.0396. The summed E-state index contributed by atoms with van der Waals surface area (Å²) in [5, 5.41) is 0. The zero-order chi connectivity index (χ0) is 11.1. The molecule has 0 N–H and O–H groups in total. The monoisotopic (exact) mass is 217 g/mol. The minimum atomic E-state index is -2.50. The number of amides is 1. The summed E-state index contributed by atoms with van der Waals surface area (Å²) < 4.78 is 25.8. The van der Waals surface area contributed by atoms with Crippen LogP contribution in [0.3, 0.4) is 0 Å². The number of alkyl halides is 2. The fraction of sp³-hybridized carbons (Fsp3) is 0.909. The van der Waals surface area contributed by atoms with E-state index in [-0.39, 0.29) is 30.7 Å². The molecule has 0 radical (unpaired) electrons. The maximum absolute atomic E-state index is 12.9. The Morgan fingerprint density at radius 1 is 1.20 bits per heavy atom. The molecule has 86 valence electrons. The highest BCUT2D eigenvalue weighted by Gasteiger charge is 2.39. The predicted molar refractivity (Wildman–Crippen MR) is 52.7 cm³/mol. The van der Waals surface area contributed by atoms with Crippen LogP contribution in [0.5, 0.6) is 0 Å². The summed E-state index contributed by atoms with van der Waals surface area (Å²) in [7, 11) is 1.76. The molecule has 0 spiro atoms. The molecular formula is C11H17F2NO. The van der Waals surface area contributed by atoms with Crippen molar-refractivity contribution < 1.29 is 13.6 Å². The van der Waals surface area contributed by atoms with Gasteiger partial charge >= 0.3 is 0 Å². The molecule has 0 unspecified atom stereocenters. The summed E-state index contributed by atoms with van der Waals surface area (Å²) in [6, 6.07) is 0.0396. The number of carbonyl (C=O) groups excluding carboxylic acids is 1. The summed E-state index contributed by atoms with van der Waals surface area (Å²) in [6.45, 7) is 0. The number of rotatable bonds is 2. The molecule has 0 heterocycles. The van der Waals surface area contributed by atoms with Crippen LogP contribution in [-0.4, -0.2) is 29.8 Å². The first-order valence-electron chi connectivity index (χ1n) is 5.64. The second-order valence-corrected chi connectivity index (χ2v) is 4.81. The molecule has 2 rings (SSSR count). The van der Waals surface area contributed by atoms with Crippen molar-refractivity contribution in [3.63, 3.8) is 0 Å². The van der Waals surface area contributed by atoms with E-state index in [1.807, 2.05) is 0 Å². The van der Waals surface area contributed by atoms with Gasteiger partial charge in [-0.15, -0.1) is 0 Å². The molecule has 1 amide bonds. The van der Waals surface area contributed by atoms with Crippen molar-refractivity contribution in [2.75, 3.05) is 7.05 Å². The van der Waals surface area contributed by atoms with E-state index < -0.39 is 5.92 Å². The van der Waals surface area contributed by atoms with E-state index >= 15 is 0 Å². The molecule has 0 bridgehead atoms. The Morgan fingerprint density at radius 2 is 1.73 bits per heavy atom. The predicted octanol–water partition coefficient (Wildman–Crippen LogP) is 2.43. The summed E-state index contributed by atoms with van der Waals surface area (Å²) in [4.78, 5) is 13.4. The molecule has 0 atom stereocenters. The Kier molecular flexibility index (Phi) is 2.69. The van der Waals surface area contributed by atoms with Gasteiger partial charge in [-0.25, -0.2) is 8.78 Å². The lowest BCUT2D eigenvalue weighted by molar-refractivity contribution is -0.136. The zero-order valence-corrected chi connectivity index (χ0v) is 9.01. The van der Waals surface area contributed by atoms with Crippen LogP contribution in [0.2, 0.25) is 0 Å². The van der Waals surface area contributed by atoms with Gasteiger partial charge in [0.25, 0.3) is 0 Å². The first kappa shape index (κ1) is 10.8. The maximum Gasteiger partial charge on any atom is 0.248 e. The number of halogens is 2. The Morgan fingerprint density at radius 3 is 2.20 bits per heavy atom. The van der Waals surface area contributed by atoms with Crippen molar-refractivity contribution >= 4 is 5.91 Å². The van der Waals surface area contributed by atoms with Crippen molar-refractivity contribution in [1.82, 2.24) is 4.90 Å². The lowest BCUT2D eigenvalue weighted by Crippen LogP contribution is -2.42.